The maximum Gasteiger partial charge on any atom is 0.432 e. The second-order valence-corrected chi connectivity index (χ2v) is 8.05. The van der Waals surface area contributed by atoms with Crippen LogP contribution in [0.3, 0.4) is 0 Å². The lowest BCUT2D eigenvalue weighted by Gasteiger charge is -2.20. The maximum atomic E-state index is 14.6. The molecule has 0 heterocycles. The van der Waals surface area contributed by atoms with Crippen molar-refractivity contribution in [2.24, 2.45) is 0 Å². The van der Waals surface area contributed by atoms with Crippen molar-refractivity contribution in [3.8, 4) is 16.9 Å². The van der Waals surface area contributed by atoms with Crippen molar-refractivity contribution in [1.29, 1.82) is 0 Å². The highest BCUT2D eigenvalue weighted by Crippen LogP contribution is 2.37. The average molecular weight is 484 g/mol. The van der Waals surface area contributed by atoms with Crippen molar-refractivity contribution in [2.75, 3.05) is 0 Å². The minimum Gasteiger partial charge on any atom is -0.429 e. The van der Waals surface area contributed by atoms with Gasteiger partial charge < -0.3 is 9.47 Å². The first-order valence-corrected chi connectivity index (χ1v) is 10.6. The van der Waals surface area contributed by atoms with E-state index in [2.05, 4.69) is 4.74 Å². The molecule has 0 N–H and O–H groups in total. The van der Waals surface area contributed by atoms with E-state index in [0.29, 0.717) is 24.3 Å². The van der Waals surface area contributed by atoms with Gasteiger partial charge in [0.05, 0.1) is 12.7 Å². The van der Waals surface area contributed by atoms with E-state index < -0.39 is 46.5 Å². The molecule has 0 saturated heterocycles. The Morgan fingerprint density at radius 2 is 1.29 bits per heavy atom. The summed E-state index contributed by atoms with van der Waals surface area (Å²) in [5.41, 5.74) is -0.521. The Hall–Kier alpha value is -3.07. The van der Waals surface area contributed by atoms with Crippen molar-refractivity contribution in [2.45, 2.75) is 44.5 Å². The van der Waals surface area contributed by atoms with Gasteiger partial charge in [0.25, 0.3) is 0 Å². The summed E-state index contributed by atoms with van der Waals surface area (Å²) in [6, 6.07) is 8.28. The Morgan fingerprint density at radius 1 is 0.735 bits per heavy atom. The molecule has 0 bridgehead atoms. The largest absolute Gasteiger partial charge is 0.432 e. The molecule has 0 amide bonds. The third kappa shape index (κ3) is 5.19. The predicted molar refractivity (Wildman–Crippen MR) is 110 cm³/mol. The van der Waals surface area contributed by atoms with Gasteiger partial charge in [-0.2, -0.15) is 8.78 Å². The molecular weight excluding hydrogens is 465 g/mol. The molecule has 0 spiro atoms. The van der Waals surface area contributed by atoms with Gasteiger partial charge in [-0.15, -0.1) is 0 Å². The summed E-state index contributed by atoms with van der Waals surface area (Å²) in [6.45, 7) is 0.390. The first-order valence-electron chi connectivity index (χ1n) is 10.6. The van der Waals surface area contributed by atoms with Gasteiger partial charge in [0, 0.05) is 12.1 Å². The topological polar surface area (TPSA) is 18.5 Å². The van der Waals surface area contributed by atoms with Crippen LogP contribution in [0.4, 0.5) is 30.7 Å². The number of halogens is 7. The van der Waals surface area contributed by atoms with Crippen molar-refractivity contribution >= 4 is 0 Å². The Labute approximate surface area is 190 Å². The quantitative estimate of drug-likeness (QED) is 0.254. The zero-order chi connectivity index (χ0) is 24.5. The number of ether oxygens (including phenoxy) is 2. The molecule has 1 aliphatic rings. The normalized spacial score (nSPS) is 14.6. The summed E-state index contributed by atoms with van der Waals surface area (Å²) in [5, 5.41) is 0. The number of benzene rings is 3. The lowest BCUT2D eigenvalue weighted by molar-refractivity contribution is -0.189. The fraction of sp³-hybridized carbons (Fsp3) is 0.280. The molecule has 3 aromatic carbocycles. The van der Waals surface area contributed by atoms with Crippen molar-refractivity contribution in [1.82, 2.24) is 0 Å². The van der Waals surface area contributed by atoms with Gasteiger partial charge in [-0.3, -0.25) is 0 Å². The Morgan fingerprint density at radius 3 is 1.85 bits per heavy atom. The molecule has 0 aromatic heterocycles. The van der Waals surface area contributed by atoms with Crippen molar-refractivity contribution in [3.63, 3.8) is 0 Å². The van der Waals surface area contributed by atoms with Crippen molar-refractivity contribution < 1.29 is 40.2 Å². The van der Waals surface area contributed by atoms with E-state index in [9.17, 15) is 30.7 Å². The summed E-state index contributed by atoms with van der Waals surface area (Å²) < 4.78 is 108. The number of alkyl halides is 2. The van der Waals surface area contributed by atoms with Crippen LogP contribution in [0.5, 0.6) is 5.75 Å². The maximum absolute atomic E-state index is 14.6. The van der Waals surface area contributed by atoms with E-state index in [1.54, 1.807) is 24.3 Å². The highest BCUT2D eigenvalue weighted by atomic mass is 19.3. The second kappa shape index (κ2) is 9.66. The van der Waals surface area contributed by atoms with Gasteiger partial charge in [0.2, 0.25) is 0 Å². The fourth-order valence-corrected chi connectivity index (χ4v) is 3.87. The number of rotatable bonds is 7. The Bertz CT molecular complexity index is 1130. The molecule has 0 radical (unpaired) electrons. The Kier molecular flexibility index (Phi) is 6.84. The molecule has 0 aliphatic heterocycles. The number of hydrogen-bond donors (Lipinski definition) is 0. The van der Waals surface area contributed by atoms with Crippen LogP contribution in [-0.2, 0) is 17.5 Å². The van der Waals surface area contributed by atoms with Crippen LogP contribution < -0.4 is 4.74 Å². The summed E-state index contributed by atoms with van der Waals surface area (Å²) in [5.74, 6) is -9.88. The molecule has 0 unspecified atom stereocenters. The van der Waals surface area contributed by atoms with Gasteiger partial charge in [0.15, 0.2) is 17.5 Å². The van der Waals surface area contributed by atoms with Gasteiger partial charge in [-0.25, -0.2) is 22.0 Å². The second-order valence-electron chi connectivity index (χ2n) is 8.05. The van der Waals surface area contributed by atoms with Crippen molar-refractivity contribution in [3.05, 3.63) is 88.7 Å². The standard InChI is InChI=1S/C25H19F7O2/c26-19-9-16(15-7-5-14(6-8-15)13-33-17-3-1-2-4-17)10-20(27)23(19)25(31,32)34-18-11-21(28)24(30)22(29)12-18/h5-12,17H,1-4,13H2. The smallest absolute Gasteiger partial charge is 0.429 e. The van der Waals surface area contributed by atoms with Crippen LogP contribution in [0, 0.1) is 29.1 Å². The molecule has 2 nitrogen and oxygen atoms in total. The molecule has 4 rings (SSSR count). The third-order valence-corrected chi connectivity index (χ3v) is 5.61. The number of hydrogen-bond acceptors (Lipinski definition) is 2. The zero-order valence-corrected chi connectivity index (χ0v) is 17.7. The van der Waals surface area contributed by atoms with E-state index >= 15 is 0 Å². The van der Waals surface area contributed by atoms with Crippen LogP contribution in [0.15, 0.2) is 48.5 Å². The SMILES string of the molecule is Fc1cc(OC(F)(F)c2c(F)cc(-c3ccc(COC4CCCC4)cc3)cc2F)cc(F)c1F. The minimum atomic E-state index is -4.63. The molecule has 0 atom stereocenters. The van der Waals surface area contributed by atoms with Gasteiger partial charge in [0.1, 0.15) is 22.9 Å². The summed E-state index contributed by atoms with van der Waals surface area (Å²) in [7, 11) is 0. The molecule has 3 aromatic rings. The summed E-state index contributed by atoms with van der Waals surface area (Å²) in [4.78, 5) is 0. The monoisotopic (exact) mass is 484 g/mol. The van der Waals surface area contributed by atoms with Crippen LogP contribution >= 0.6 is 0 Å². The molecule has 1 saturated carbocycles. The van der Waals surface area contributed by atoms with E-state index in [1.807, 2.05) is 0 Å². The van der Waals surface area contributed by atoms with Crippen LogP contribution in [0.25, 0.3) is 11.1 Å². The first kappa shape index (κ1) is 24.1. The zero-order valence-electron chi connectivity index (χ0n) is 17.7. The molecule has 180 valence electrons. The Balaban J connectivity index is 1.53. The highest BCUT2D eigenvalue weighted by Gasteiger charge is 2.41. The molecular formula is C25H19F7O2. The highest BCUT2D eigenvalue weighted by molar-refractivity contribution is 5.64. The van der Waals surface area contributed by atoms with Gasteiger partial charge in [-0.1, -0.05) is 37.1 Å². The molecule has 34 heavy (non-hydrogen) atoms. The average Bonchev–Trinajstić information content (AvgIpc) is 3.29. The van der Waals surface area contributed by atoms with Crippen LogP contribution in [0.1, 0.15) is 36.8 Å². The first-order chi connectivity index (χ1) is 16.1. The molecule has 1 fully saturated rings. The van der Waals surface area contributed by atoms with E-state index in [4.69, 9.17) is 4.74 Å². The summed E-state index contributed by atoms with van der Waals surface area (Å²) >= 11 is 0. The van der Waals surface area contributed by atoms with Crippen LogP contribution in [0.2, 0.25) is 0 Å². The van der Waals surface area contributed by atoms with Gasteiger partial charge >= 0.3 is 6.11 Å². The fourth-order valence-electron chi connectivity index (χ4n) is 3.87. The summed E-state index contributed by atoms with van der Waals surface area (Å²) in [6.07, 6.45) is -0.103. The van der Waals surface area contributed by atoms with E-state index in [0.717, 1.165) is 31.2 Å². The lowest BCUT2D eigenvalue weighted by atomic mass is 10.0. The van der Waals surface area contributed by atoms with E-state index in [-0.39, 0.29) is 23.8 Å². The van der Waals surface area contributed by atoms with Crippen LogP contribution in [-0.4, -0.2) is 6.10 Å². The van der Waals surface area contributed by atoms with E-state index in [1.165, 1.54) is 0 Å². The molecule has 1 aliphatic carbocycles. The predicted octanol–water partition coefficient (Wildman–Crippen LogP) is 7.64. The van der Waals surface area contributed by atoms with Gasteiger partial charge in [-0.05, 0) is 41.7 Å². The third-order valence-electron chi connectivity index (χ3n) is 5.61. The minimum absolute atomic E-state index is 0.00307. The lowest BCUT2D eigenvalue weighted by Crippen LogP contribution is -2.25. The molecule has 9 heteroatoms.